The zero-order valence-electron chi connectivity index (χ0n) is 12.6. The van der Waals surface area contributed by atoms with Crippen molar-refractivity contribution in [2.75, 3.05) is 19.8 Å². The normalized spacial score (nSPS) is 13.9. The summed E-state index contributed by atoms with van der Waals surface area (Å²) in [4.78, 5) is 0. The summed E-state index contributed by atoms with van der Waals surface area (Å²) in [5.41, 5.74) is 0.226. The first-order chi connectivity index (χ1) is 8.20. The quantitative estimate of drug-likeness (QED) is 0.535. The number of rotatable bonds is 11. The molecule has 0 aliphatic carbocycles. The maximum absolute atomic E-state index is 5.98. The van der Waals surface area contributed by atoms with Gasteiger partial charge in [0.2, 0.25) is 0 Å². The van der Waals surface area contributed by atoms with E-state index in [0.29, 0.717) is 6.10 Å². The Morgan fingerprint density at radius 2 is 1.47 bits per heavy atom. The van der Waals surface area contributed by atoms with E-state index in [0.717, 1.165) is 26.2 Å². The van der Waals surface area contributed by atoms with Gasteiger partial charge in [0.05, 0.1) is 12.7 Å². The van der Waals surface area contributed by atoms with E-state index in [4.69, 9.17) is 9.47 Å². The Morgan fingerprint density at radius 1 is 0.882 bits per heavy atom. The number of hydrogen-bond acceptors (Lipinski definition) is 2. The number of hydrogen-bond donors (Lipinski definition) is 0. The molecule has 1 atom stereocenters. The van der Waals surface area contributed by atoms with E-state index in [1.807, 2.05) is 0 Å². The highest BCUT2D eigenvalue weighted by molar-refractivity contribution is 4.86. The fraction of sp³-hybridized carbons (Fsp3) is 1.00. The third-order valence-corrected chi connectivity index (χ3v) is 3.51. The minimum atomic E-state index is 0.226. The zero-order valence-corrected chi connectivity index (χ0v) is 12.6. The Morgan fingerprint density at radius 3 is 1.82 bits per heavy atom. The van der Waals surface area contributed by atoms with Crippen LogP contribution in [-0.2, 0) is 9.47 Å². The summed E-state index contributed by atoms with van der Waals surface area (Å²) in [7, 11) is 0. The van der Waals surface area contributed by atoms with Gasteiger partial charge in [0.25, 0.3) is 0 Å². The molecule has 17 heavy (non-hydrogen) atoms. The van der Waals surface area contributed by atoms with Crippen LogP contribution in [0.3, 0.4) is 0 Å². The van der Waals surface area contributed by atoms with Crippen molar-refractivity contribution in [2.45, 2.75) is 72.8 Å². The Bertz CT molecular complexity index is 162. The third kappa shape index (κ3) is 5.39. The highest BCUT2D eigenvalue weighted by atomic mass is 16.5. The van der Waals surface area contributed by atoms with Crippen LogP contribution in [0.1, 0.15) is 66.7 Å². The van der Waals surface area contributed by atoms with Crippen LogP contribution >= 0.6 is 0 Å². The lowest BCUT2D eigenvalue weighted by atomic mass is 9.74. The van der Waals surface area contributed by atoms with Gasteiger partial charge in [-0.1, -0.05) is 33.6 Å². The van der Waals surface area contributed by atoms with Gasteiger partial charge >= 0.3 is 0 Å². The van der Waals surface area contributed by atoms with Gasteiger partial charge in [-0.05, 0) is 33.1 Å². The van der Waals surface area contributed by atoms with Crippen molar-refractivity contribution in [2.24, 2.45) is 5.41 Å². The summed E-state index contributed by atoms with van der Waals surface area (Å²) in [6, 6.07) is 0. The summed E-state index contributed by atoms with van der Waals surface area (Å²) < 4.78 is 11.7. The molecule has 0 spiro atoms. The van der Waals surface area contributed by atoms with Crippen molar-refractivity contribution in [3.63, 3.8) is 0 Å². The van der Waals surface area contributed by atoms with E-state index in [1.54, 1.807) is 0 Å². The van der Waals surface area contributed by atoms with Crippen molar-refractivity contribution in [3.8, 4) is 0 Å². The van der Waals surface area contributed by atoms with Crippen LogP contribution in [0, 0.1) is 5.41 Å². The first kappa shape index (κ1) is 16.9. The van der Waals surface area contributed by atoms with Crippen molar-refractivity contribution in [3.05, 3.63) is 0 Å². The van der Waals surface area contributed by atoms with Gasteiger partial charge in [-0.25, -0.2) is 0 Å². The highest BCUT2D eigenvalue weighted by Gasteiger charge is 2.37. The molecule has 0 amide bonds. The van der Waals surface area contributed by atoms with Crippen LogP contribution in [0.15, 0.2) is 0 Å². The molecule has 0 aliphatic heterocycles. The lowest BCUT2D eigenvalue weighted by Gasteiger charge is -2.40. The minimum Gasteiger partial charge on any atom is -0.381 e. The fourth-order valence-corrected chi connectivity index (χ4v) is 2.91. The number of ether oxygens (including phenoxy) is 2. The van der Waals surface area contributed by atoms with Crippen LogP contribution in [0.2, 0.25) is 0 Å². The smallest absolute Gasteiger partial charge is 0.0650 e. The van der Waals surface area contributed by atoms with Gasteiger partial charge in [-0.15, -0.1) is 0 Å². The monoisotopic (exact) mass is 244 g/mol. The van der Waals surface area contributed by atoms with Gasteiger partial charge < -0.3 is 9.47 Å². The van der Waals surface area contributed by atoms with E-state index < -0.39 is 0 Å². The average molecular weight is 244 g/mol. The van der Waals surface area contributed by atoms with Crippen LogP contribution < -0.4 is 0 Å². The molecule has 0 aromatic carbocycles. The molecule has 0 rings (SSSR count). The standard InChI is InChI=1S/C15H32O2/c1-6-11-15(12-7-2,13-16-9-4)14(8-3)17-10-5/h14H,6-13H2,1-5H3. The Kier molecular flexibility index (Phi) is 9.85. The van der Waals surface area contributed by atoms with Crippen LogP contribution in [0.5, 0.6) is 0 Å². The molecule has 0 aliphatic rings. The molecule has 0 bridgehead atoms. The first-order valence-electron chi connectivity index (χ1n) is 7.39. The van der Waals surface area contributed by atoms with Crippen LogP contribution in [-0.4, -0.2) is 25.9 Å². The summed E-state index contributed by atoms with van der Waals surface area (Å²) >= 11 is 0. The molecule has 104 valence electrons. The van der Waals surface area contributed by atoms with Gasteiger partial charge in [0.15, 0.2) is 0 Å². The molecular formula is C15H32O2. The molecule has 0 saturated heterocycles. The highest BCUT2D eigenvalue weighted by Crippen LogP contribution is 2.37. The van der Waals surface area contributed by atoms with Gasteiger partial charge in [0, 0.05) is 18.6 Å². The molecule has 2 nitrogen and oxygen atoms in total. The second-order valence-electron chi connectivity index (χ2n) is 4.85. The second kappa shape index (κ2) is 9.90. The molecule has 2 heteroatoms. The van der Waals surface area contributed by atoms with Crippen molar-refractivity contribution >= 4 is 0 Å². The SMILES string of the molecule is CCCC(CCC)(COCC)C(CC)OCC. The van der Waals surface area contributed by atoms with E-state index in [-0.39, 0.29) is 5.41 Å². The maximum atomic E-state index is 5.98. The van der Waals surface area contributed by atoms with Crippen molar-refractivity contribution in [1.82, 2.24) is 0 Å². The lowest BCUT2D eigenvalue weighted by molar-refractivity contribution is -0.0886. The predicted octanol–water partition coefficient (Wildman–Crippen LogP) is 4.42. The van der Waals surface area contributed by atoms with E-state index in [1.165, 1.54) is 25.7 Å². The molecule has 1 unspecified atom stereocenters. The van der Waals surface area contributed by atoms with Gasteiger partial charge in [0.1, 0.15) is 0 Å². The summed E-state index contributed by atoms with van der Waals surface area (Å²) in [5, 5.41) is 0. The zero-order chi connectivity index (χ0) is 13.1. The third-order valence-electron chi connectivity index (χ3n) is 3.51. The molecule has 0 aromatic rings. The van der Waals surface area contributed by atoms with E-state index in [9.17, 15) is 0 Å². The Labute approximate surface area is 108 Å². The summed E-state index contributed by atoms with van der Waals surface area (Å²) in [6.07, 6.45) is 6.26. The summed E-state index contributed by atoms with van der Waals surface area (Å²) in [6.45, 7) is 13.4. The predicted molar refractivity (Wildman–Crippen MR) is 74.4 cm³/mol. The molecule has 0 aromatic heterocycles. The topological polar surface area (TPSA) is 18.5 Å². The van der Waals surface area contributed by atoms with Crippen molar-refractivity contribution < 1.29 is 9.47 Å². The second-order valence-corrected chi connectivity index (χ2v) is 4.85. The maximum Gasteiger partial charge on any atom is 0.0650 e. The van der Waals surface area contributed by atoms with E-state index in [2.05, 4.69) is 34.6 Å². The van der Waals surface area contributed by atoms with Gasteiger partial charge in [-0.3, -0.25) is 0 Å². The Hall–Kier alpha value is -0.0800. The molecule has 0 radical (unpaired) electrons. The molecular weight excluding hydrogens is 212 g/mol. The first-order valence-corrected chi connectivity index (χ1v) is 7.39. The van der Waals surface area contributed by atoms with Crippen LogP contribution in [0.4, 0.5) is 0 Å². The van der Waals surface area contributed by atoms with Gasteiger partial charge in [-0.2, -0.15) is 0 Å². The largest absolute Gasteiger partial charge is 0.381 e. The Balaban J connectivity index is 4.81. The van der Waals surface area contributed by atoms with Crippen molar-refractivity contribution in [1.29, 1.82) is 0 Å². The molecule has 0 heterocycles. The minimum absolute atomic E-state index is 0.226. The van der Waals surface area contributed by atoms with Crippen LogP contribution in [0.25, 0.3) is 0 Å². The van der Waals surface area contributed by atoms with E-state index >= 15 is 0 Å². The molecule has 0 saturated carbocycles. The molecule has 0 N–H and O–H groups in total. The fourth-order valence-electron chi connectivity index (χ4n) is 2.91. The average Bonchev–Trinajstić information content (AvgIpc) is 2.33. The summed E-state index contributed by atoms with van der Waals surface area (Å²) in [5.74, 6) is 0. The lowest BCUT2D eigenvalue weighted by Crippen LogP contribution is -2.41. The molecule has 0 fully saturated rings.